The van der Waals surface area contributed by atoms with Gasteiger partial charge in [-0.15, -0.1) is 0 Å². The van der Waals surface area contributed by atoms with Crippen LogP contribution in [-0.2, 0) is 6.54 Å². The van der Waals surface area contributed by atoms with Gasteiger partial charge in [0, 0.05) is 32.7 Å². The van der Waals surface area contributed by atoms with Crippen molar-refractivity contribution in [3.8, 4) is 17.2 Å². The Morgan fingerprint density at radius 3 is 2.40 bits per heavy atom. The van der Waals surface area contributed by atoms with Crippen LogP contribution in [0, 0.1) is 0 Å². The third-order valence-corrected chi connectivity index (χ3v) is 5.22. The Labute approximate surface area is 176 Å². The molecule has 0 radical (unpaired) electrons. The van der Waals surface area contributed by atoms with Crippen molar-refractivity contribution in [2.24, 2.45) is 0 Å². The molecule has 0 spiro atoms. The maximum atomic E-state index is 12.9. The summed E-state index contributed by atoms with van der Waals surface area (Å²) in [6, 6.07) is 17.6. The molecule has 1 amide bonds. The normalized spacial score (nSPS) is 14.6. The SMILES string of the molecule is CCOc1ccc(CN2CCN(C(=O)c3nn(-c4ccccc4)cc3O)CC2)cc1. The third kappa shape index (κ3) is 4.46. The molecular formula is C23H26N4O3. The smallest absolute Gasteiger partial charge is 0.278 e. The largest absolute Gasteiger partial charge is 0.504 e. The number of ether oxygens (including phenoxy) is 1. The van der Waals surface area contributed by atoms with Gasteiger partial charge in [-0.05, 0) is 36.8 Å². The fraction of sp³-hybridized carbons (Fsp3) is 0.304. The number of piperazine rings is 1. The van der Waals surface area contributed by atoms with E-state index in [9.17, 15) is 9.90 Å². The zero-order valence-electron chi connectivity index (χ0n) is 17.1. The van der Waals surface area contributed by atoms with E-state index in [0.29, 0.717) is 19.7 Å². The van der Waals surface area contributed by atoms with Gasteiger partial charge in [0.2, 0.25) is 0 Å². The van der Waals surface area contributed by atoms with Gasteiger partial charge < -0.3 is 14.7 Å². The molecule has 1 fully saturated rings. The highest BCUT2D eigenvalue weighted by Gasteiger charge is 2.26. The molecule has 0 atom stereocenters. The number of rotatable bonds is 6. The Balaban J connectivity index is 1.35. The van der Waals surface area contributed by atoms with Gasteiger partial charge in [-0.1, -0.05) is 30.3 Å². The second-order valence-electron chi connectivity index (χ2n) is 7.29. The summed E-state index contributed by atoms with van der Waals surface area (Å²) in [6.07, 6.45) is 1.48. The van der Waals surface area contributed by atoms with E-state index in [0.717, 1.165) is 31.1 Å². The number of carbonyl (C=O) groups is 1. The number of hydrogen-bond acceptors (Lipinski definition) is 5. The second-order valence-corrected chi connectivity index (χ2v) is 7.29. The van der Waals surface area contributed by atoms with Crippen LogP contribution in [0.2, 0.25) is 0 Å². The highest BCUT2D eigenvalue weighted by Crippen LogP contribution is 2.21. The van der Waals surface area contributed by atoms with Gasteiger partial charge in [0.05, 0.1) is 18.5 Å². The number of aromatic nitrogens is 2. The van der Waals surface area contributed by atoms with Crippen LogP contribution in [0.15, 0.2) is 60.8 Å². The molecule has 30 heavy (non-hydrogen) atoms. The van der Waals surface area contributed by atoms with E-state index in [4.69, 9.17) is 4.74 Å². The molecular weight excluding hydrogens is 380 g/mol. The average molecular weight is 406 g/mol. The van der Waals surface area contributed by atoms with Crippen LogP contribution in [-0.4, -0.2) is 63.4 Å². The van der Waals surface area contributed by atoms with Crippen molar-refractivity contribution in [2.45, 2.75) is 13.5 Å². The van der Waals surface area contributed by atoms with Crippen LogP contribution in [0.25, 0.3) is 5.69 Å². The lowest BCUT2D eigenvalue weighted by atomic mass is 10.2. The molecule has 7 heteroatoms. The molecule has 156 valence electrons. The minimum Gasteiger partial charge on any atom is -0.504 e. The summed E-state index contributed by atoms with van der Waals surface area (Å²) in [7, 11) is 0. The molecule has 0 aliphatic carbocycles. The van der Waals surface area contributed by atoms with Gasteiger partial charge in [-0.25, -0.2) is 4.68 Å². The predicted molar refractivity (Wildman–Crippen MR) is 114 cm³/mol. The van der Waals surface area contributed by atoms with Gasteiger partial charge in [-0.2, -0.15) is 5.10 Å². The van der Waals surface area contributed by atoms with Crippen molar-refractivity contribution in [1.29, 1.82) is 0 Å². The van der Waals surface area contributed by atoms with E-state index in [1.54, 1.807) is 4.90 Å². The molecule has 2 heterocycles. The summed E-state index contributed by atoms with van der Waals surface area (Å²) < 4.78 is 7.02. The topological polar surface area (TPSA) is 70.8 Å². The molecule has 1 N–H and O–H groups in total. The van der Waals surface area contributed by atoms with E-state index in [-0.39, 0.29) is 17.4 Å². The lowest BCUT2D eigenvalue weighted by Crippen LogP contribution is -2.48. The molecule has 0 unspecified atom stereocenters. The maximum Gasteiger partial charge on any atom is 0.278 e. The number of para-hydroxylation sites is 1. The molecule has 1 aliphatic heterocycles. The Kier molecular flexibility index (Phi) is 5.99. The van der Waals surface area contributed by atoms with Gasteiger partial charge in [-0.3, -0.25) is 9.69 Å². The standard InChI is InChI=1S/C23H26N4O3/c1-2-30-20-10-8-18(9-11-20)16-25-12-14-26(15-13-25)23(29)22-21(28)17-27(24-22)19-6-4-3-5-7-19/h3-11,17,28H,2,12-16H2,1H3. The minimum absolute atomic E-state index is 0.0961. The number of benzene rings is 2. The molecule has 1 aromatic heterocycles. The van der Waals surface area contributed by atoms with Crippen LogP contribution in [0.4, 0.5) is 0 Å². The van der Waals surface area contributed by atoms with Gasteiger partial charge in [0.15, 0.2) is 11.4 Å². The average Bonchev–Trinajstić information content (AvgIpc) is 3.18. The summed E-state index contributed by atoms with van der Waals surface area (Å²) in [4.78, 5) is 17.0. The first-order chi connectivity index (χ1) is 14.6. The molecule has 7 nitrogen and oxygen atoms in total. The van der Waals surface area contributed by atoms with Crippen LogP contribution in [0.3, 0.4) is 0 Å². The van der Waals surface area contributed by atoms with Gasteiger partial charge >= 0.3 is 0 Å². The molecule has 1 saturated heterocycles. The van der Waals surface area contributed by atoms with Crippen molar-refractivity contribution in [2.75, 3.05) is 32.8 Å². The van der Waals surface area contributed by atoms with E-state index in [1.165, 1.54) is 16.4 Å². The van der Waals surface area contributed by atoms with Crippen LogP contribution < -0.4 is 4.74 Å². The molecule has 0 bridgehead atoms. The number of hydrogen-bond donors (Lipinski definition) is 1. The number of nitrogens with zero attached hydrogens (tertiary/aromatic N) is 4. The summed E-state index contributed by atoms with van der Waals surface area (Å²) in [5, 5.41) is 14.6. The summed E-state index contributed by atoms with van der Waals surface area (Å²) >= 11 is 0. The lowest BCUT2D eigenvalue weighted by molar-refractivity contribution is 0.0619. The summed E-state index contributed by atoms with van der Waals surface area (Å²) in [6.45, 7) is 6.23. The highest BCUT2D eigenvalue weighted by molar-refractivity contribution is 5.95. The van der Waals surface area contributed by atoms with Crippen LogP contribution in [0.1, 0.15) is 23.0 Å². The Morgan fingerprint density at radius 1 is 1.03 bits per heavy atom. The summed E-state index contributed by atoms with van der Waals surface area (Å²) in [5.74, 6) is 0.551. The van der Waals surface area contributed by atoms with Crippen molar-refractivity contribution in [1.82, 2.24) is 19.6 Å². The first-order valence-corrected chi connectivity index (χ1v) is 10.2. The van der Waals surface area contributed by atoms with E-state index in [2.05, 4.69) is 22.1 Å². The van der Waals surface area contributed by atoms with Gasteiger partial charge in [0.25, 0.3) is 5.91 Å². The zero-order chi connectivity index (χ0) is 20.9. The number of amides is 1. The monoisotopic (exact) mass is 406 g/mol. The minimum atomic E-state index is -0.233. The third-order valence-electron chi connectivity index (χ3n) is 5.22. The molecule has 4 rings (SSSR count). The Morgan fingerprint density at radius 2 is 1.73 bits per heavy atom. The molecule has 2 aromatic carbocycles. The Bertz CT molecular complexity index is 977. The fourth-order valence-electron chi connectivity index (χ4n) is 3.60. The Hall–Kier alpha value is -3.32. The van der Waals surface area contributed by atoms with Gasteiger partial charge in [0.1, 0.15) is 5.75 Å². The lowest BCUT2D eigenvalue weighted by Gasteiger charge is -2.34. The van der Waals surface area contributed by atoms with Crippen molar-refractivity contribution in [3.63, 3.8) is 0 Å². The fourth-order valence-corrected chi connectivity index (χ4v) is 3.60. The molecule has 1 aliphatic rings. The second kappa shape index (κ2) is 9.00. The molecule has 3 aromatic rings. The first kappa shape index (κ1) is 20.0. The predicted octanol–water partition coefficient (Wildman–Crippen LogP) is 2.93. The van der Waals surface area contributed by atoms with Crippen LogP contribution in [0.5, 0.6) is 11.5 Å². The molecule has 0 saturated carbocycles. The van der Waals surface area contributed by atoms with Crippen molar-refractivity contribution in [3.05, 3.63) is 72.1 Å². The van der Waals surface area contributed by atoms with Crippen molar-refractivity contribution >= 4 is 5.91 Å². The van der Waals surface area contributed by atoms with E-state index >= 15 is 0 Å². The van der Waals surface area contributed by atoms with E-state index in [1.807, 2.05) is 49.4 Å². The number of aromatic hydroxyl groups is 1. The summed E-state index contributed by atoms with van der Waals surface area (Å²) in [5.41, 5.74) is 2.11. The van der Waals surface area contributed by atoms with Crippen molar-refractivity contribution < 1.29 is 14.6 Å². The number of carbonyl (C=O) groups excluding carboxylic acids is 1. The first-order valence-electron chi connectivity index (χ1n) is 10.2. The highest BCUT2D eigenvalue weighted by atomic mass is 16.5. The van der Waals surface area contributed by atoms with E-state index < -0.39 is 0 Å². The maximum absolute atomic E-state index is 12.9. The quantitative estimate of drug-likeness (QED) is 0.682. The zero-order valence-corrected chi connectivity index (χ0v) is 17.1. The van der Waals surface area contributed by atoms with Crippen LogP contribution >= 0.6 is 0 Å².